The summed E-state index contributed by atoms with van der Waals surface area (Å²) >= 11 is 3.18. The van der Waals surface area contributed by atoms with E-state index in [1.165, 1.54) is 12.1 Å². The zero-order valence-corrected chi connectivity index (χ0v) is 11.9. The first-order valence-corrected chi connectivity index (χ1v) is 6.88. The molecular weight excluding hydrogens is 315 g/mol. The van der Waals surface area contributed by atoms with Crippen LogP contribution in [-0.2, 0) is 4.79 Å². The molecular formula is C13H14BrFN2O2. The second kappa shape index (κ2) is 6.14. The Morgan fingerprint density at radius 3 is 2.68 bits per heavy atom. The van der Waals surface area contributed by atoms with Gasteiger partial charge in [0, 0.05) is 17.6 Å². The van der Waals surface area contributed by atoms with Gasteiger partial charge < -0.3 is 10.2 Å². The van der Waals surface area contributed by atoms with Crippen molar-refractivity contribution in [1.29, 1.82) is 0 Å². The standard InChI is InChI=1S/C13H14BrFN2O2/c14-11-4-3-9(15)7-10(11)13(19)16-8-12(18)17-5-1-2-6-17/h3-4,7H,1-2,5-6,8H2,(H,16,19). The number of benzene rings is 1. The summed E-state index contributed by atoms with van der Waals surface area (Å²) in [4.78, 5) is 25.3. The van der Waals surface area contributed by atoms with Crippen LogP contribution < -0.4 is 5.32 Å². The van der Waals surface area contributed by atoms with E-state index in [2.05, 4.69) is 21.2 Å². The first-order chi connectivity index (χ1) is 9.08. The maximum absolute atomic E-state index is 13.1. The summed E-state index contributed by atoms with van der Waals surface area (Å²) in [5.74, 6) is -1.04. The normalized spacial score (nSPS) is 14.5. The molecule has 2 amide bonds. The zero-order chi connectivity index (χ0) is 13.8. The van der Waals surface area contributed by atoms with Gasteiger partial charge in [-0.05, 0) is 47.0 Å². The van der Waals surface area contributed by atoms with Crippen LogP contribution >= 0.6 is 15.9 Å². The number of hydrogen-bond acceptors (Lipinski definition) is 2. The maximum Gasteiger partial charge on any atom is 0.252 e. The van der Waals surface area contributed by atoms with Crippen LogP contribution in [0.5, 0.6) is 0 Å². The number of amides is 2. The molecule has 0 aromatic heterocycles. The Morgan fingerprint density at radius 2 is 2.00 bits per heavy atom. The van der Waals surface area contributed by atoms with Crippen molar-refractivity contribution in [3.63, 3.8) is 0 Å². The fraction of sp³-hybridized carbons (Fsp3) is 0.385. The second-order valence-electron chi connectivity index (χ2n) is 4.39. The van der Waals surface area contributed by atoms with Crippen LogP contribution in [0.3, 0.4) is 0 Å². The van der Waals surface area contributed by atoms with E-state index in [0.29, 0.717) is 4.47 Å². The van der Waals surface area contributed by atoms with Gasteiger partial charge in [-0.25, -0.2) is 4.39 Å². The molecule has 2 rings (SSSR count). The van der Waals surface area contributed by atoms with Crippen LogP contribution in [-0.4, -0.2) is 36.3 Å². The molecule has 0 aliphatic carbocycles. The molecule has 1 aliphatic rings. The number of hydrogen-bond donors (Lipinski definition) is 1. The summed E-state index contributed by atoms with van der Waals surface area (Å²) < 4.78 is 13.6. The fourth-order valence-corrected chi connectivity index (χ4v) is 2.43. The highest BCUT2D eigenvalue weighted by molar-refractivity contribution is 9.10. The Kier molecular flexibility index (Phi) is 4.52. The molecule has 1 heterocycles. The monoisotopic (exact) mass is 328 g/mol. The summed E-state index contributed by atoms with van der Waals surface area (Å²) in [6.45, 7) is 1.44. The molecule has 102 valence electrons. The molecule has 19 heavy (non-hydrogen) atoms. The number of carbonyl (C=O) groups is 2. The van der Waals surface area contributed by atoms with Crippen molar-refractivity contribution in [1.82, 2.24) is 10.2 Å². The average Bonchev–Trinajstić information content (AvgIpc) is 2.92. The molecule has 1 aromatic carbocycles. The van der Waals surface area contributed by atoms with Crippen LogP contribution in [0.2, 0.25) is 0 Å². The smallest absolute Gasteiger partial charge is 0.252 e. The maximum atomic E-state index is 13.1. The molecule has 0 unspecified atom stereocenters. The molecule has 6 heteroatoms. The molecule has 0 spiro atoms. The highest BCUT2D eigenvalue weighted by Gasteiger charge is 2.19. The minimum atomic E-state index is -0.487. The van der Waals surface area contributed by atoms with Crippen molar-refractivity contribution in [3.8, 4) is 0 Å². The van der Waals surface area contributed by atoms with Gasteiger partial charge in [-0.3, -0.25) is 9.59 Å². The number of likely N-dealkylation sites (tertiary alicyclic amines) is 1. The molecule has 0 atom stereocenters. The lowest BCUT2D eigenvalue weighted by atomic mass is 10.2. The lowest BCUT2D eigenvalue weighted by Crippen LogP contribution is -2.38. The van der Waals surface area contributed by atoms with Gasteiger partial charge in [-0.1, -0.05) is 0 Å². The molecule has 1 aliphatic heterocycles. The van der Waals surface area contributed by atoms with E-state index in [4.69, 9.17) is 0 Å². The third-order valence-electron chi connectivity index (χ3n) is 3.03. The van der Waals surface area contributed by atoms with Crippen molar-refractivity contribution in [2.24, 2.45) is 0 Å². The molecule has 1 N–H and O–H groups in total. The van der Waals surface area contributed by atoms with Gasteiger partial charge in [0.25, 0.3) is 5.91 Å². The van der Waals surface area contributed by atoms with Gasteiger partial charge in [0.15, 0.2) is 0 Å². The predicted molar refractivity (Wildman–Crippen MR) is 72.2 cm³/mol. The van der Waals surface area contributed by atoms with Gasteiger partial charge in [0.05, 0.1) is 12.1 Å². The lowest BCUT2D eigenvalue weighted by Gasteiger charge is -2.15. The average molecular weight is 329 g/mol. The Balaban J connectivity index is 1.93. The van der Waals surface area contributed by atoms with Crippen molar-refractivity contribution >= 4 is 27.7 Å². The van der Waals surface area contributed by atoms with Crippen LogP contribution in [0, 0.1) is 5.82 Å². The Hall–Kier alpha value is -1.43. The van der Waals surface area contributed by atoms with E-state index >= 15 is 0 Å². The molecule has 1 saturated heterocycles. The summed E-state index contributed by atoms with van der Waals surface area (Å²) in [5.41, 5.74) is 0.189. The minimum Gasteiger partial charge on any atom is -0.343 e. The Morgan fingerprint density at radius 1 is 1.32 bits per heavy atom. The van der Waals surface area contributed by atoms with E-state index in [-0.39, 0.29) is 18.0 Å². The van der Waals surface area contributed by atoms with Crippen LogP contribution in [0.1, 0.15) is 23.2 Å². The molecule has 1 aromatic rings. The van der Waals surface area contributed by atoms with Crippen LogP contribution in [0.15, 0.2) is 22.7 Å². The fourth-order valence-electron chi connectivity index (χ4n) is 2.00. The van der Waals surface area contributed by atoms with E-state index < -0.39 is 11.7 Å². The van der Waals surface area contributed by atoms with Crippen molar-refractivity contribution in [2.45, 2.75) is 12.8 Å². The summed E-state index contributed by atoms with van der Waals surface area (Å²) in [6.07, 6.45) is 2.02. The first-order valence-electron chi connectivity index (χ1n) is 6.09. The minimum absolute atomic E-state index is 0.0538. The lowest BCUT2D eigenvalue weighted by molar-refractivity contribution is -0.129. The van der Waals surface area contributed by atoms with Gasteiger partial charge in [0.1, 0.15) is 5.82 Å². The highest BCUT2D eigenvalue weighted by atomic mass is 79.9. The molecule has 1 fully saturated rings. The van der Waals surface area contributed by atoms with Gasteiger partial charge in [-0.2, -0.15) is 0 Å². The number of nitrogens with zero attached hydrogens (tertiary/aromatic N) is 1. The van der Waals surface area contributed by atoms with E-state index in [1.807, 2.05) is 0 Å². The van der Waals surface area contributed by atoms with Crippen molar-refractivity contribution < 1.29 is 14.0 Å². The molecule has 0 bridgehead atoms. The SMILES string of the molecule is O=C(NCC(=O)N1CCCC1)c1cc(F)ccc1Br. The number of nitrogens with one attached hydrogen (secondary N) is 1. The molecule has 0 saturated carbocycles. The van der Waals surface area contributed by atoms with Gasteiger partial charge in [0.2, 0.25) is 5.91 Å². The molecule has 0 radical (unpaired) electrons. The van der Waals surface area contributed by atoms with Gasteiger partial charge in [-0.15, -0.1) is 0 Å². The molecule has 4 nitrogen and oxygen atoms in total. The number of carbonyl (C=O) groups excluding carboxylic acids is 2. The largest absolute Gasteiger partial charge is 0.343 e. The zero-order valence-electron chi connectivity index (χ0n) is 10.3. The second-order valence-corrected chi connectivity index (χ2v) is 5.25. The number of halogens is 2. The topological polar surface area (TPSA) is 49.4 Å². The summed E-state index contributed by atoms with van der Waals surface area (Å²) in [7, 11) is 0. The summed E-state index contributed by atoms with van der Waals surface area (Å²) in [6, 6.07) is 3.86. The Labute approximate surface area is 119 Å². The Bertz CT molecular complexity index is 501. The van der Waals surface area contributed by atoms with E-state index in [9.17, 15) is 14.0 Å². The van der Waals surface area contributed by atoms with Crippen LogP contribution in [0.4, 0.5) is 4.39 Å². The van der Waals surface area contributed by atoms with E-state index in [1.54, 1.807) is 4.90 Å². The van der Waals surface area contributed by atoms with Crippen molar-refractivity contribution in [2.75, 3.05) is 19.6 Å². The van der Waals surface area contributed by atoms with Crippen molar-refractivity contribution in [3.05, 3.63) is 34.1 Å². The quantitative estimate of drug-likeness (QED) is 0.921. The first kappa shape index (κ1) is 14.0. The summed E-state index contributed by atoms with van der Waals surface area (Å²) in [5, 5.41) is 2.52. The third kappa shape index (κ3) is 3.53. The van der Waals surface area contributed by atoms with E-state index in [0.717, 1.165) is 32.0 Å². The predicted octanol–water partition coefficient (Wildman–Crippen LogP) is 1.94. The van der Waals surface area contributed by atoms with Gasteiger partial charge >= 0.3 is 0 Å². The third-order valence-corrected chi connectivity index (χ3v) is 3.72. The number of rotatable bonds is 3. The van der Waals surface area contributed by atoms with Crippen LogP contribution in [0.25, 0.3) is 0 Å². The highest BCUT2D eigenvalue weighted by Crippen LogP contribution is 2.17.